The molecule has 30 heavy (non-hydrogen) atoms. The first-order valence-electron chi connectivity index (χ1n) is 11.6. The Bertz CT molecular complexity index is 866. The van der Waals surface area contributed by atoms with Crippen molar-refractivity contribution in [1.82, 2.24) is 20.4 Å². The van der Waals surface area contributed by atoms with Gasteiger partial charge < -0.3 is 9.84 Å². The van der Waals surface area contributed by atoms with Crippen LogP contribution in [0, 0.1) is 0 Å². The standard InChI is InChI=1S/C24H34N4O2/c1-3-28(4-2)17-22-25-23(27-30-22)24(13-7-8-14-24)26-21(29)16-18-11-12-19-9-5-6-10-20(19)15-18/h11-12,15H,3-10,13-14,16-17H2,1-2H3,(H,26,29). The van der Waals surface area contributed by atoms with Crippen LogP contribution in [-0.4, -0.2) is 34.0 Å². The fourth-order valence-electron chi connectivity index (χ4n) is 4.93. The Kier molecular flexibility index (Phi) is 6.52. The van der Waals surface area contributed by atoms with E-state index in [-0.39, 0.29) is 5.91 Å². The fourth-order valence-corrected chi connectivity index (χ4v) is 4.93. The Hall–Kier alpha value is -2.21. The van der Waals surface area contributed by atoms with Crippen molar-refractivity contribution in [3.05, 3.63) is 46.6 Å². The largest absolute Gasteiger partial charge is 0.343 e. The van der Waals surface area contributed by atoms with Crippen molar-refractivity contribution in [2.45, 2.75) is 83.7 Å². The van der Waals surface area contributed by atoms with Crippen molar-refractivity contribution in [3.8, 4) is 0 Å². The minimum atomic E-state index is -0.490. The van der Waals surface area contributed by atoms with E-state index in [1.165, 1.54) is 30.4 Å². The normalized spacial score (nSPS) is 17.8. The molecule has 2 aliphatic carbocycles. The quantitative estimate of drug-likeness (QED) is 0.714. The highest BCUT2D eigenvalue weighted by Crippen LogP contribution is 2.37. The van der Waals surface area contributed by atoms with Gasteiger partial charge in [-0.15, -0.1) is 0 Å². The molecule has 1 amide bonds. The molecule has 6 heteroatoms. The van der Waals surface area contributed by atoms with Gasteiger partial charge in [-0.25, -0.2) is 0 Å². The highest BCUT2D eigenvalue weighted by atomic mass is 16.5. The summed E-state index contributed by atoms with van der Waals surface area (Å²) in [7, 11) is 0. The molecule has 1 fully saturated rings. The number of nitrogens with one attached hydrogen (secondary N) is 1. The maximum atomic E-state index is 13.0. The number of aryl methyl sites for hydroxylation is 2. The Labute approximate surface area is 179 Å². The lowest BCUT2D eigenvalue weighted by Gasteiger charge is -2.27. The van der Waals surface area contributed by atoms with Crippen LogP contribution < -0.4 is 5.32 Å². The van der Waals surface area contributed by atoms with Crippen molar-refractivity contribution in [3.63, 3.8) is 0 Å². The molecule has 0 saturated heterocycles. The van der Waals surface area contributed by atoms with Crippen molar-refractivity contribution in [1.29, 1.82) is 0 Å². The summed E-state index contributed by atoms with van der Waals surface area (Å²) in [4.78, 5) is 19.9. The third kappa shape index (κ3) is 4.59. The number of fused-ring (bicyclic) bond motifs is 1. The van der Waals surface area contributed by atoms with E-state index in [4.69, 9.17) is 4.52 Å². The molecule has 0 spiro atoms. The molecule has 1 heterocycles. The van der Waals surface area contributed by atoms with Crippen LogP contribution in [0.3, 0.4) is 0 Å². The lowest BCUT2D eigenvalue weighted by molar-refractivity contribution is -0.122. The Balaban J connectivity index is 1.45. The first kappa shape index (κ1) is 21.0. The number of hydrogen-bond acceptors (Lipinski definition) is 5. The molecular formula is C24H34N4O2. The smallest absolute Gasteiger partial charge is 0.240 e. The molecule has 0 radical (unpaired) electrons. The maximum Gasteiger partial charge on any atom is 0.240 e. The van der Waals surface area contributed by atoms with Gasteiger partial charge in [0.05, 0.1) is 13.0 Å². The number of amides is 1. The van der Waals surface area contributed by atoms with Crippen LogP contribution in [0.15, 0.2) is 22.7 Å². The molecule has 0 atom stereocenters. The molecule has 1 saturated carbocycles. The van der Waals surface area contributed by atoms with Gasteiger partial charge in [-0.1, -0.05) is 50.0 Å². The Morgan fingerprint density at radius 1 is 1.10 bits per heavy atom. The van der Waals surface area contributed by atoms with Crippen molar-refractivity contribution >= 4 is 5.91 Å². The van der Waals surface area contributed by atoms with Gasteiger partial charge in [0.15, 0.2) is 5.82 Å². The van der Waals surface area contributed by atoms with Crippen molar-refractivity contribution < 1.29 is 9.32 Å². The highest BCUT2D eigenvalue weighted by molar-refractivity contribution is 5.79. The predicted octanol–water partition coefficient (Wildman–Crippen LogP) is 3.92. The number of rotatable bonds is 8. The predicted molar refractivity (Wildman–Crippen MR) is 116 cm³/mol. The average molecular weight is 411 g/mol. The van der Waals surface area contributed by atoms with E-state index in [2.05, 4.69) is 52.4 Å². The minimum Gasteiger partial charge on any atom is -0.343 e. The lowest BCUT2D eigenvalue weighted by Crippen LogP contribution is -2.45. The average Bonchev–Trinajstić information content (AvgIpc) is 3.42. The van der Waals surface area contributed by atoms with Gasteiger partial charge in [0, 0.05) is 0 Å². The first-order chi connectivity index (χ1) is 14.6. The summed E-state index contributed by atoms with van der Waals surface area (Å²) in [6.45, 7) is 6.78. The monoisotopic (exact) mass is 410 g/mol. The number of carbonyl (C=O) groups is 1. The van der Waals surface area contributed by atoms with Gasteiger partial charge in [-0.3, -0.25) is 9.69 Å². The molecule has 1 aromatic heterocycles. The molecule has 162 valence electrons. The molecule has 6 nitrogen and oxygen atoms in total. The van der Waals surface area contributed by atoms with E-state index in [9.17, 15) is 4.79 Å². The minimum absolute atomic E-state index is 0.0442. The second kappa shape index (κ2) is 9.29. The molecule has 1 N–H and O–H groups in total. The van der Waals surface area contributed by atoms with Crippen LogP contribution in [0.5, 0.6) is 0 Å². The third-order valence-electron chi connectivity index (χ3n) is 6.76. The zero-order valence-electron chi connectivity index (χ0n) is 18.4. The van der Waals surface area contributed by atoms with Gasteiger partial charge in [0.2, 0.25) is 11.8 Å². The molecule has 0 unspecified atom stereocenters. The van der Waals surface area contributed by atoms with Crippen LogP contribution >= 0.6 is 0 Å². The second-order valence-corrected chi connectivity index (χ2v) is 8.80. The zero-order chi connectivity index (χ0) is 21.0. The van der Waals surface area contributed by atoms with E-state index in [0.717, 1.165) is 50.8 Å². The van der Waals surface area contributed by atoms with Gasteiger partial charge in [-0.2, -0.15) is 4.98 Å². The van der Waals surface area contributed by atoms with Crippen LogP contribution in [0.1, 0.15) is 80.8 Å². The van der Waals surface area contributed by atoms with Crippen molar-refractivity contribution in [2.75, 3.05) is 13.1 Å². The summed E-state index contributed by atoms with van der Waals surface area (Å²) < 4.78 is 5.54. The third-order valence-corrected chi connectivity index (χ3v) is 6.76. The van der Waals surface area contributed by atoms with E-state index >= 15 is 0 Å². The molecule has 2 aromatic rings. The molecule has 4 rings (SSSR count). The van der Waals surface area contributed by atoms with Gasteiger partial charge in [0.1, 0.15) is 5.54 Å². The maximum absolute atomic E-state index is 13.0. The van der Waals surface area contributed by atoms with Gasteiger partial charge in [0.25, 0.3) is 0 Å². The molecule has 1 aromatic carbocycles. The van der Waals surface area contributed by atoms with E-state index in [1.807, 2.05) is 0 Å². The summed E-state index contributed by atoms with van der Waals surface area (Å²) in [5.74, 6) is 1.31. The Morgan fingerprint density at radius 3 is 2.57 bits per heavy atom. The fraction of sp³-hybridized carbons (Fsp3) is 0.625. The Morgan fingerprint density at radius 2 is 1.83 bits per heavy atom. The number of nitrogens with zero attached hydrogens (tertiary/aromatic N) is 3. The number of hydrogen-bond donors (Lipinski definition) is 1. The van der Waals surface area contributed by atoms with Crippen LogP contribution in [0.2, 0.25) is 0 Å². The lowest BCUT2D eigenvalue weighted by atomic mass is 9.89. The summed E-state index contributed by atoms with van der Waals surface area (Å²) in [6, 6.07) is 6.55. The summed E-state index contributed by atoms with van der Waals surface area (Å²) >= 11 is 0. The van der Waals surface area contributed by atoms with Crippen LogP contribution in [0.4, 0.5) is 0 Å². The van der Waals surface area contributed by atoms with Gasteiger partial charge in [-0.05, 0) is 68.3 Å². The zero-order valence-corrected chi connectivity index (χ0v) is 18.4. The van der Waals surface area contributed by atoms with Crippen LogP contribution in [0.25, 0.3) is 0 Å². The topological polar surface area (TPSA) is 71.3 Å². The molecule has 0 aliphatic heterocycles. The second-order valence-electron chi connectivity index (χ2n) is 8.80. The van der Waals surface area contributed by atoms with Gasteiger partial charge >= 0.3 is 0 Å². The summed E-state index contributed by atoms with van der Waals surface area (Å²) in [5.41, 5.74) is 3.47. The first-order valence-corrected chi connectivity index (χ1v) is 11.6. The molecule has 0 bridgehead atoms. The number of carbonyl (C=O) groups excluding carboxylic acids is 1. The number of benzene rings is 1. The van der Waals surface area contributed by atoms with E-state index in [0.29, 0.717) is 24.7 Å². The highest BCUT2D eigenvalue weighted by Gasteiger charge is 2.41. The summed E-state index contributed by atoms with van der Waals surface area (Å²) in [6.07, 6.45) is 9.10. The van der Waals surface area contributed by atoms with Crippen molar-refractivity contribution in [2.24, 2.45) is 0 Å². The number of aromatic nitrogens is 2. The van der Waals surface area contributed by atoms with E-state index in [1.54, 1.807) is 0 Å². The molecular weight excluding hydrogens is 376 g/mol. The van der Waals surface area contributed by atoms with E-state index < -0.39 is 5.54 Å². The summed E-state index contributed by atoms with van der Waals surface area (Å²) in [5, 5.41) is 7.58. The van der Waals surface area contributed by atoms with Crippen LogP contribution in [-0.2, 0) is 36.1 Å². The molecule has 2 aliphatic rings. The SMILES string of the molecule is CCN(CC)Cc1nc(C2(NC(=O)Cc3ccc4c(c3)CCCC4)CCCC2)no1.